The highest BCUT2D eigenvalue weighted by Gasteiger charge is 2.30. The highest BCUT2D eigenvalue weighted by molar-refractivity contribution is 5.78. The van der Waals surface area contributed by atoms with Gasteiger partial charge in [-0.1, -0.05) is 29.8 Å². The number of hydrogen-bond acceptors (Lipinski definition) is 3. The van der Waals surface area contributed by atoms with Gasteiger partial charge in [-0.05, 0) is 51.8 Å². The molecule has 0 saturated heterocycles. The second-order valence-corrected chi connectivity index (χ2v) is 6.50. The van der Waals surface area contributed by atoms with Gasteiger partial charge >= 0.3 is 0 Å². The molecule has 0 bridgehead atoms. The van der Waals surface area contributed by atoms with Crippen LogP contribution in [0.25, 0.3) is 0 Å². The highest BCUT2D eigenvalue weighted by atomic mass is 16.2. The molecule has 1 aromatic carbocycles. The number of benzene rings is 1. The number of hydrogen-bond donors (Lipinski definition) is 2. The SMILES string of the molecule is Cc1cccc([C@H]2CC[C@H](N)[C@@H](NC(=O)CN(C)C)C2)c1. The Balaban J connectivity index is 2.00. The van der Waals surface area contributed by atoms with E-state index in [-0.39, 0.29) is 18.0 Å². The molecule has 3 N–H and O–H groups in total. The van der Waals surface area contributed by atoms with E-state index in [1.54, 1.807) is 0 Å². The summed E-state index contributed by atoms with van der Waals surface area (Å²) >= 11 is 0. The summed E-state index contributed by atoms with van der Waals surface area (Å²) < 4.78 is 0. The molecule has 21 heavy (non-hydrogen) atoms. The van der Waals surface area contributed by atoms with Crippen LogP contribution in [0.1, 0.15) is 36.3 Å². The van der Waals surface area contributed by atoms with Gasteiger partial charge in [-0.2, -0.15) is 0 Å². The summed E-state index contributed by atoms with van der Waals surface area (Å²) in [6.45, 7) is 2.53. The largest absolute Gasteiger partial charge is 0.351 e. The van der Waals surface area contributed by atoms with Gasteiger partial charge in [0.25, 0.3) is 0 Å². The first-order valence-corrected chi connectivity index (χ1v) is 7.72. The Morgan fingerprint density at radius 3 is 2.81 bits per heavy atom. The van der Waals surface area contributed by atoms with E-state index in [1.165, 1.54) is 11.1 Å². The van der Waals surface area contributed by atoms with E-state index in [0.29, 0.717) is 12.5 Å². The van der Waals surface area contributed by atoms with E-state index in [1.807, 2.05) is 19.0 Å². The van der Waals surface area contributed by atoms with Crippen LogP contribution in [-0.2, 0) is 4.79 Å². The van der Waals surface area contributed by atoms with Crippen molar-refractivity contribution in [1.82, 2.24) is 10.2 Å². The number of carbonyl (C=O) groups is 1. The van der Waals surface area contributed by atoms with E-state index in [0.717, 1.165) is 19.3 Å². The van der Waals surface area contributed by atoms with Crippen LogP contribution in [0.2, 0.25) is 0 Å². The van der Waals surface area contributed by atoms with Crippen LogP contribution >= 0.6 is 0 Å². The van der Waals surface area contributed by atoms with Crippen LogP contribution in [-0.4, -0.2) is 43.5 Å². The Hall–Kier alpha value is -1.39. The Labute approximate surface area is 127 Å². The molecule has 0 radical (unpaired) electrons. The van der Waals surface area contributed by atoms with Crippen LogP contribution in [0, 0.1) is 6.92 Å². The maximum atomic E-state index is 12.0. The summed E-state index contributed by atoms with van der Waals surface area (Å²) in [4.78, 5) is 13.8. The number of likely N-dealkylation sites (N-methyl/N-ethyl adjacent to an activating group) is 1. The Kier molecular flexibility index (Phi) is 5.37. The van der Waals surface area contributed by atoms with Gasteiger partial charge in [0.15, 0.2) is 0 Å². The normalized spacial score (nSPS) is 25.9. The van der Waals surface area contributed by atoms with Crippen LogP contribution < -0.4 is 11.1 Å². The van der Waals surface area contributed by atoms with E-state index < -0.39 is 0 Å². The number of amides is 1. The van der Waals surface area contributed by atoms with Gasteiger partial charge in [0, 0.05) is 12.1 Å². The maximum absolute atomic E-state index is 12.0. The molecule has 0 spiro atoms. The summed E-state index contributed by atoms with van der Waals surface area (Å²) in [5.74, 6) is 0.555. The van der Waals surface area contributed by atoms with E-state index in [2.05, 4.69) is 36.5 Å². The molecule has 4 nitrogen and oxygen atoms in total. The van der Waals surface area contributed by atoms with E-state index in [4.69, 9.17) is 5.73 Å². The lowest BCUT2D eigenvalue weighted by atomic mass is 9.78. The molecule has 116 valence electrons. The molecule has 1 fully saturated rings. The first-order chi connectivity index (χ1) is 9.95. The van der Waals surface area contributed by atoms with Crippen molar-refractivity contribution < 1.29 is 4.79 Å². The molecule has 0 heterocycles. The third-order valence-electron chi connectivity index (χ3n) is 4.22. The monoisotopic (exact) mass is 289 g/mol. The van der Waals surface area contributed by atoms with Crippen molar-refractivity contribution >= 4 is 5.91 Å². The Bertz CT molecular complexity index is 487. The maximum Gasteiger partial charge on any atom is 0.234 e. The molecular formula is C17H27N3O. The fraction of sp³-hybridized carbons (Fsp3) is 0.588. The number of nitrogens with two attached hydrogens (primary N) is 1. The molecule has 1 aliphatic rings. The van der Waals surface area contributed by atoms with Crippen LogP contribution in [0.4, 0.5) is 0 Å². The van der Waals surface area contributed by atoms with Gasteiger partial charge < -0.3 is 16.0 Å². The van der Waals surface area contributed by atoms with Crippen molar-refractivity contribution in [1.29, 1.82) is 0 Å². The Morgan fingerprint density at radius 1 is 1.38 bits per heavy atom. The van der Waals surface area contributed by atoms with E-state index >= 15 is 0 Å². The van der Waals surface area contributed by atoms with Crippen LogP contribution in [0.3, 0.4) is 0 Å². The molecule has 0 aliphatic heterocycles. The molecule has 2 rings (SSSR count). The van der Waals surface area contributed by atoms with Gasteiger partial charge in [0.2, 0.25) is 5.91 Å². The zero-order chi connectivity index (χ0) is 15.4. The second-order valence-electron chi connectivity index (χ2n) is 6.50. The van der Waals surface area contributed by atoms with Crippen LogP contribution in [0.5, 0.6) is 0 Å². The topological polar surface area (TPSA) is 58.4 Å². The third kappa shape index (κ3) is 4.55. The molecule has 1 amide bonds. The molecule has 3 atom stereocenters. The minimum atomic E-state index is 0.0605. The zero-order valence-electron chi connectivity index (χ0n) is 13.3. The summed E-state index contributed by atoms with van der Waals surface area (Å²) in [7, 11) is 3.80. The molecule has 0 unspecified atom stereocenters. The minimum Gasteiger partial charge on any atom is -0.351 e. The third-order valence-corrected chi connectivity index (χ3v) is 4.22. The number of carbonyl (C=O) groups excluding carboxylic acids is 1. The van der Waals surface area contributed by atoms with Gasteiger partial charge in [0.05, 0.1) is 6.54 Å². The summed E-state index contributed by atoms with van der Waals surface area (Å²) in [6, 6.07) is 8.81. The van der Waals surface area contributed by atoms with Crippen molar-refractivity contribution in [2.75, 3.05) is 20.6 Å². The standard InChI is InChI=1S/C17H27N3O/c1-12-5-4-6-13(9-12)14-7-8-15(18)16(10-14)19-17(21)11-20(2)3/h4-6,9,14-16H,7-8,10-11,18H2,1-3H3,(H,19,21)/t14-,15-,16-/m0/s1. The first kappa shape index (κ1) is 16.0. The summed E-state index contributed by atoms with van der Waals surface area (Å²) in [5, 5.41) is 3.11. The summed E-state index contributed by atoms with van der Waals surface area (Å²) in [5.41, 5.74) is 8.86. The average molecular weight is 289 g/mol. The minimum absolute atomic E-state index is 0.0605. The fourth-order valence-corrected chi connectivity index (χ4v) is 3.13. The average Bonchev–Trinajstić information content (AvgIpc) is 2.40. The first-order valence-electron chi connectivity index (χ1n) is 7.72. The predicted molar refractivity (Wildman–Crippen MR) is 86.2 cm³/mol. The molecule has 4 heteroatoms. The van der Waals surface area contributed by atoms with Gasteiger partial charge in [-0.15, -0.1) is 0 Å². The van der Waals surface area contributed by atoms with Crippen molar-refractivity contribution in [2.24, 2.45) is 5.73 Å². The van der Waals surface area contributed by atoms with Crippen molar-refractivity contribution in [3.63, 3.8) is 0 Å². The lowest BCUT2D eigenvalue weighted by Crippen LogP contribution is -2.52. The zero-order valence-corrected chi connectivity index (χ0v) is 13.3. The van der Waals surface area contributed by atoms with Gasteiger partial charge in [0.1, 0.15) is 0 Å². The smallest absolute Gasteiger partial charge is 0.234 e. The number of nitrogens with zero attached hydrogens (tertiary/aromatic N) is 1. The van der Waals surface area contributed by atoms with Crippen molar-refractivity contribution in [2.45, 2.75) is 44.2 Å². The lowest BCUT2D eigenvalue weighted by Gasteiger charge is -2.35. The number of rotatable bonds is 4. The number of aryl methyl sites for hydroxylation is 1. The lowest BCUT2D eigenvalue weighted by molar-refractivity contribution is -0.122. The summed E-state index contributed by atoms with van der Waals surface area (Å²) in [6.07, 6.45) is 3.00. The second kappa shape index (κ2) is 7.05. The molecule has 1 aromatic rings. The quantitative estimate of drug-likeness (QED) is 0.886. The Morgan fingerprint density at radius 2 is 2.14 bits per heavy atom. The van der Waals surface area contributed by atoms with Crippen LogP contribution in [0.15, 0.2) is 24.3 Å². The number of nitrogens with one attached hydrogen (secondary N) is 1. The molecule has 0 aromatic heterocycles. The fourth-order valence-electron chi connectivity index (χ4n) is 3.13. The molecule has 1 saturated carbocycles. The van der Waals surface area contributed by atoms with E-state index in [9.17, 15) is 4.79 Å². The molecular weight excluding hydrogens is 262 g/mol. The highest BCUT2D eigenvalue weighted by Crippen LogP contribution is 2.32. The van der Waals surface area contributed by atoms with Crippen molar-refractivity contribution in [3.8, 4) is 0 Å². The van der Waals surface area contributed by atoms with Gasteiger partial charge in [-0.25, -0.2) is 0 Å². The molecule has 1 aliphatic carbocycles. The van der Waals surface area contributed by atoms with Gasteiger partial charge in [-0.3, -0.25) is 4.79 Å². The predicted octanol–water partition coefficient (Wildman–Crippen LogP) is 1.64. The van der Waals surface area contributed by atoms with Crippen molar-refractivity contribution in [3.05, 3.63) is 35.4 Å².